The van der Waals surface area contributed by atoms with Gasteiger partial charge in [0.2, 0.25) is 0 Å². The van der Waals surface area contributed by atoms with Gasteiger partial charge in [-0.2, -0.15) is 5.10 Å². The molecule has 0 saturated heterocycles. The Kier molecular flexibility index (Phi) is 10.2. The third-order valence-corrected chi connectivity index (χ3v) is 8.80. The van der Waals surface area contributed by atoms with E-state index in [1.807, 2.05) is 6.92 Å². The zero-order valence-electron chi connectivity index (χ0n) is 30.0. The Balaban J connectivity index is 1.31. The van der Waals surface area contributed by atoms with Crippen LogP contribution in [0.4, 0.5) is 14.5 Å². The number of carbonyl (C=O) groups is 5. The van der Waals surface area contributed by atoms with Crippen molar-refractivity contribution < 1.29 is 42.2 Å². The molecule has 1 atom stereocenters. The van der Waals surface area contributed by atoms with E-state index in [0.717, 1.165) is 33.3 Å². The molecule has 54 heavy (non-hydrogen) atoms. The number of methoxy groups -OCH3 is 1. The lowest BCUT2D eigenvalue weighted by atomic mass is 9.97. The third-order valence-electron chi connectivity index (χ3n) is 8.80. The highest BCUT2D eigenvalue weighted by Gasteiger charge is 2.31. The minimum atomic E-state index is -1.08. The maximum absolute atomic E-state index is 14.0. The average Bonchev–Trinajstić information content (AvgIpc) is 3.75. The lowest BCUT2D eigenvalue weighted by Crippen LogP contribution is -2.31. The van der Waals surface area contributed by atoms with E-state index < -0.39 is 52.9 Å². The Morgan fingerprint density at radius 2 is 1.63 bits per heavy atom. The van der Waals surface area contributed by atoms with Gasteiger partial charge in [0.05, 0.1) is 30.5 Å². The second kappa shape index (κ2) is 14.8. The number of benzene rings is 3. The number of rotatable bonds is 9. The lowest BCUT2D eigenvalue weighted by molar-refractivity contribution is 0.00680. The molecule has 278 valence electrons. The van der Waals surface area contributed by atoms with Crippen molar-refractivity contribution in [3.63, 3.8) is 0 Å². The fourth-order valence-corrected chi connectivity index (χ4v) is 6.15. The van der Waals surface area contributed by atoms with Crippen molar-refractivity contribution in [2.24, 2.45) is 0 Å². The molecule has 3 N–H and O–H groups in total. The number of nitrogens with one attached hydrogen (secondary N) is 3. The molecule has 3 amide bonds. The molecular formula is C39H36F2N6O7. The van der Waals surface area contributed by atoms with E-state index in [9.17, 15) is 32.8 Å². The summed E-state index contributed by atoms with van der Waals surface area (Å²) in [6.07, 6.45) is 2.31. The second-order valence-corrected chi connectivity index (χ2v) is 13.6. The van der Waals surface area contributed by atoms with Crippen LogP contribution in [0.15, 0.2) is 66.9 Å². The summed E-state index contributed by atoms with van der Waals surface area (Å²) in [5, 5.41) is 12.5. The summed E-state index contributed by atoms with van der Waals surface area (Å²) in [4.78, 5) is 70.0. The molecule has 1 aliphatic carbocycles. The van der Waals surface area contributed by atoms with Gasteiger partial charge in [0.1, 0.15) is 22.6 Å². The molecule has 0 saturated carbocycles. The van der Waals surface area contributed by atoms with Crippen LogP contribution in [-0.4, -0.2) is 57.0 Å². The molecular weight excluding hydrogens is 702 g/mol. The van der Waals surface area contributed by atoms with Gasteiger partial charge >= 0.3 is 11.9 Å². The summed E-state index contributed by atoms with van der Waals surface area (Å²) in [5.74, 6) is -5.18. The van der Waals surface area contributed by atoms with Gasteiger partial charge in [-0.15, -0.1) is 0 Å². The first kappa shape index (κ1) is 37.3. The predicted molar refractivity (Wildman–Crippen MR) is 191 cm³/mol. The molecule has 3 aromatic carbocycles. The number of carbonyl (C=O) groups excluding carboxylic acids is 5. The molecule has 5 aromatic rings. The van der Waals surface area contributed by atoms with Crippen molar-refractivity contribution in [2.75, 3.05) is 12.4 Å². The van der Waals surface area contributed by atoms with Crippen molar-refractivity contribution in [1.82, 2.24) is 25.2 Å². The molecule has 13 nitrogen and oxygen atoms in total. The number of anilines is 1. The van der Waals surface area contributed by atoms with Crippen molar-refractivity contribution in [2.45, 2.75) is 58.7 Å². The van der Waals surface area contributed by atoms with E-state index in [1.165, 1.54) is 49.7 Å². The zero-order valence-corrected chi connectivity index (χ0v) is 30.0. The van der Waals surface area contributed by atoms with Crippen LogP contribution in [0.2, 0.25) is 0 Å². The van der Waals surface area contributed by atoms with Crippen molar-refractivity contribution in [3.05, 3.63) is 129 Å². The molecule has 0 fully saturated rings. The maximum atomic E-state index is 14.0. The number of nitrogens with zero attached hydrogens (tertiary/aromatic N) is 3. The van der Waals surface area contributed by atoms with Crippen molar-refractivity contribution in [3.8, 4) is 0 Å². The summed E-state index contributed by atoms with van der Waals surface area (Å²) in [6, 6.07) is 13.3. The number of ether oxygens (including phenoxy) is 2. The van der Waals surface area contributed by atoms with Gasteiger partial charge in [-0.05, 0) is 105 Å². The molecule has 0 radical (unpaired) electrons. The summed E-state index contributed by atoms with van der Waals surface area (Å²) in [5.41, 5.74) is 2.57. The van der Waals surface area contributed by atoms with Crippen LogP contribution in [-0.2, 0) is 22.4 Å². The normalized spacial score (nSPS) is 13.6. The Labute approximate surface area is 308 Å². The molecule has 0 aliphatic heterocycles. The average molecular weight is 739 g/mol. The van der Waals surface area contributed by atoms with Crippen LogP contribution < -0.4 is 16.0 Å². The highest BCUT2D eigenvalue weighted by Crippen LogP contribution is 2.35. The topological polar surface area (TPSA) is 170 Å². The van der Waals surface area contributed by atoms with Gasteiger partial charge in [0.25, 0.3) is 17.7 Å². The zero-order chi connectivity index (χ0) is 38.9. The number of fused-ring (bicyclic) bond motifs is 2. The van der Waals surface area contributed by atoms with E-state index in [-0.39, 0.29) is 40.3 Å². The number of esters is 2. The highest BCUT2D eigenvalue weighted by atomic mass is 19.2. The number of halogens is 2. The first-order chi connectivity index (χ1) is 25.6. The molecule has 15 heteroatoms. The first-order valence-corrected chi connectivity index (χ1v) is 16.9. The van der Waals surface area contributed by atoms with E-state index in [0.29, 0.717) is 24.1 Å². The van der Waals surface area contributed by atoms with Crippen LogP contribution in [0.3, 0.4) is 0 Å². The van der Waals surface area contributed by atoms with E-state index in [1.54, 1.807) is 32.9 Å². The summed E-state index contributed by atoms with van der Waals surface area (Å²) >= 11 is 0. The Bertz CT molecular complexity index is 2330. The molecule has 6 rings (SSSR count). The van der Waals surface area contributed by atoms with Crippen LogP contribution in [0, 0.1) is 18.6 Å². The summed E-state index contributed by atoms with van der Waals surface area (Å²) < 4.78 is 38.7. The SMILES string of the molecule is COC(=O)c1ccc(NC(=O)c2cnn3c(C(=O)N[C@H]4CCc5c4ccc(C(=O)OC(C)(C)C)c5C)cc(C(=O)NCc4ccc(F)c(F)c4)nc23)cc1. The second-order valence-electron chi connectivity index (χ2n) is 13.6. The van der Waals surface area contributed by atoms with Gasteiger partial charge in [0.15, 0.2) is 17.3 Å². The fraction of sp³-hybridized carbons (Fsp3) is 0.256. The van der Waals surface area contributed by atoms with Crippen LogP contribution in [0.25, 0.3) is 5.65 Å². The van der Waals surface area contributed by atoms with E-state index in [2.05, 4.69) is 26.0 Å². The Morgan fingerprint density at radius 3 is 2.31 bits per heavy atom. The third kappa shape index (κ3) is 7.79. The van der Waals surface area contributed by atoms with Crippen molar-refractivity contribution in [1.29, 1.82) is 0 Å². The minimum absolute atomic E-state index is 0.0761. The maximum Gasteiger partial charge on any atom is 0.338 e. The Hall–Kier alpha value is -6.51. The van der Waals surface area contributed by atoms with Gasteiger partial charge in [-0.3, -0.25) is 14.4 Å². The van der Waals surface area contributed by atoms with E-state index in [4.69, 9.17) is 9.47 Å². The molecule has 0 spiro atoms. The lowest BCUT2D eigenvalue weighted by Gasteiger charge is -2.21. The number of aromatic nitrogens is 3. The minimum Gasteiger partial charge on any atom is -0.465 e. The fourth-order valence-electron chi connectivity index (χ4n) is 6.15. The van der Waals surface area contributed by atoms with Gasteiger partial charge in [-0.25, -0.2) is 27.9 Å². The molecule has 0 unspecified atom stereocenters. The quantitative estimate of drug-likeness (QED) is 0.162. The van der Waals surface area contributed by atoms with E-state index >= 15 is 0 Å². The molecule has 2 aromatic heterocycles. The van der Waals surface area contributed by atoms with Crippen LogP contribution in [0.1, 0.15) is 108 Å². The predicted octanol–water partition coefficient (Wildman–Crippen LogP) is 5.66. The largest absolute Gasteiger partial charge is 0.465 e. The van der Waals surface area contributed by atoms with Gasteiger partial charge in [0, 0.05) is 18.3 Å². The molecule has 1 aliphatic rings. The van der Waals surface area contributed by atoms with Gasteiger partial charge < -0.3 is 25.4 Å². The molecule has 0 bridgehead atoms. The smallest absolute Gasteiger partial charge is 0.338 e. The molecule has 2 heterocycles. The standard InChI is InChI=1S/C39H36F2N6O7/c1-20-24-13-15-30(26(24)12-11-25(20)38(52)54-39(2,3)4)46-36(50)32-17-31(35(49)42-18-21-6-14-28(40)29(41)16-21)45-33-27(19-43-47(32)33)34(48)44-23-9-7-22(8-10-23)37(51)53-5/h6-12,14,16-17,19,30H,13,15,18H2,1-5H3,(H,42,49)(H,44,48)(H,46,50)/t30-/m0/s1. The number of amides is 3. The Morgan fingerprint density at radius 1 is 0.889 bits per heavy atom. The van der Waals surface area contributed by atoms with Crippen molar-refractivity contribution >= 4 is 41.0 Å². The van der Waals surface area contributed by atoms with Crippen LogP contribution >= 0.6 is 0 Å². The first-order valence-electron chi connectivity index (χ1n) is 16.9. The van der Waals surface area contributed by atoms with Crippen LogP contribution in [0.5, 0.6) is 0 Å². The number of hydrogen-bond acceptors (Lipinski definition) is 9. The highest BCUT2D eigenvalue weighted by molar-refractivity contribution is 6.09. The summed E-state index contributed by atoms with van der Waals surface area (Å²) in [6.45, 7) is 7.01. The summed E-state index contributed by atoms with van der Waals surface area (Å²) in [7, 11) is 1.25. The monoisotopic (exact) mass is 738 g/mol. The van der Waals surface area contributed by atoms with Gasteiger partial charge in [-0.1, -0.05) is 12.1 Å². The number of hydrogen-bond donors (Lipinski definition) is 3.